The molecule has 6 heteroatoms. The van der Waals surface area contributed by atoms with E-state index in [1.165, 1.54) is 0 Å². The zero-order chi connectivity index (χ0) is 18.4. The number of benzene rings is 2. The second-order valence-electron chi connectivity index (χ2n) is 5.79. The summed E-state index contributed by atoms with van der Waals surface area (Å²) in [5.41, 5.74) is 3.34. The van der Waals surface area contributed by atoms with Gasteiger partial charge in [-0.05, 0) is 48.7 Å². The van der Waals surface area contributed by atoms with E-state index in [4.69, 9.17) is 16.3 Å². The lowest BCUT2D eigenvalue weighted by Crippen LogP contribution is -2.28. The van der Waals surface area contributed by atoms with Crippen LogP contribution >= 0.6 is 11.6 Å². The monoisotopic (exact) mass is 360 g/mol. The fourth-order valence-electron chi connectivity index (χ4n) is 2.41. The third-order valence-electron chi connectivity index (χ3n) is 3.67. The molecule has 25 heavy (non-hydrogen) atoms. The number of hydrogen-bond donors (Lipinski definition) is 2. The predicted octanol–water partition coefficient (Wildman–Crippen LogP) is 3.61. The lowest BCUT2D eigenvalue weighted by molar-refractivity contribution is -0.126. The molecule has 5 nitrogen and oxygen atoms in total. The Balaban J connectivity index is 1.86. The smallest absolute Gasteiger partial charge is 0.233 e. The molecular formula is C19H21ClN2O3. The first kappa shape index (κ1) is 18.8. The van der Waals surface area contributed by atoms with Gasteiger partial charge in [0.05, 0.1) is 17.8 Å². The van der Waals surface area contributed by atoms with Gasteiger partial charge in [-0.25, -0.2) is 0 Å². The van der Waals surface area contributed by atoms with Gasteiger partial charge in [-0.15, -0.1) is 0 Å². The van der Waals surface area contributed by atoms with Crippen molar-refractivity contribution in [3.8, 4) is 5.75 Å². The zero-order valence-electron chi connectivity index (χ0n) is 14.5. The van der Waals surface area contributed by atoms with Crippen LogP contribution in [0.25, 0.3) is 0 Å². The number of halogens is 1. The standard InChI is InChI=1S/C19H21ClN2O3/c1-12-8-13(2)19(16(20)9-12)22-18(24)10-17(23)21-11-14-4-6-15(25-3)7-5-14/h4-9H,10-11H2,1-3H3,(H,21,23)(H,22,24). The van der Waals surface area contributed by atoms with E-state index >= 15 is 0 Å². The molecule has 0 saturated heterocycles. The molecule has 0 unspecified atom stereocenters. The van der Waals surface area contributed by atoms with Crippen molar-refractivity contribution in [2.75, 3.05) is 12.4 Å². The highest BCUT2D eigenvalue weighted by Crippen LogP contribution is 2.27. The van der Waals surface area contributed by atoms with Gasteiger partial charge in [0.1, 0.15) is 12.2 Å². The molecule has 2 aromatic rings. The van der Waals surface area contributed by atoms with Gasteiger partial charge in [-0.2, -0.15) is 0 Å². The van der Waals surface area contributed by atoms with Crippen LogP contribution in [0.3, 0.4) is 0 Å². The molecule has 0 radical (unpaired) electrons. The van der Waals surface area contributed by atoms with Crippen LogP contribution in [0.15, 0.2) is 36.4 Å². The first-order valence-corrected chi connectivity index (χ1v) is 8.23. The fraction of sp³-hybridized carbons (Fsp3) is 0.263. The Morgan fingerprint density at radius 3 is 2.36 bits per heavy atom. The van der Waals surface area contributed by atoms with Gasteiger partial charge in [-0.1, -0.05) is 29.8 Å². The number of carbonyl (C=O) groups is 2. The van der Waals surface area contributed by atoms with Gasteiger partial charge < -0.3 is 15.4 Å². The number of anilines is 1. The van der Waals surface area contributed by atoms with Gasteiger partial charge in [0.25, 0.3) is 0 Å². The van der Waals surface area contributed by atoms with E-state index in [0.29, 0.717) is 17.3 Å². The first-order chi connectivity index (χ1) is 11.9. The Hall–Kier alpha value is -2.53. The average Bonchev–Trinajstić information content (AvgIpc) is 2.56. The summed E-state index contributed by atoms with van der Waals surface area (Å²) in [5.74, 6) is -0.00455. The molecule has 0 aromatic heterocycles. The molecule has 2 rings (SSSR count). The largest absolute Gasteiger partial charge is 0.497 e. The molecule has 2 N–H and O–H groups in total. The maximum absolute atomic E-state index is 12.1. The molecular weight excluding hydrogens is 340 g/mol. The molecule has 0 saturated carbocycles. The summed E-state index contributed by atoms with van der Waals surface area (Å²) >= 11 is 6.16. The Morgan fingerprint density at radius 2 is 1.76 bits per heavy atom. The van der Waals surface area contributed by atoms with E-state index in [1.54, 1.807) is 13.2 Å². The quantitative estimate of drug-likeness (QED) is 0.773. The normalized spacial score (nSPS) is 10.2. The molecule has 0 fully saturated rings. The molecule has 0 aliphatic heterocycles. The first-order valence-electron chi connectivity index (χ1n) is 7.85. The van der Waals surface area contributed by atoms with Crippen LogP contribution in [0.1, 0.15) is 23.1 Å². The molecule has 0 aliphatic rings. The lowest BCUT2D eigenvalue weighted by Gasteiger charge is -2.12. The van der Waals surface area contributed by atoms with Crippen molar-refractivity contribution in [1.82, 2.24) is 5.32 Å². The van der Waals surface area contributed by atoms with E-state index in [1.807, 2.05) is 44.2 Å². The Morgan fingerprint density at radius 1 is 1.08 bits per heavy atom. The van der Waals surface area contributed by atoms with Gasteiger partial charge in [-0.3, -0.25) is 9.59 Å². The van der Waals surface area contributed by atoms with Gasteiger partial charge in [0, 0.05) is 6.54 Å². The van der Waals surface area contributed by atoms with E-state index in [2.05, 4.69) is 10.6 Å². The minimum absolute atomic E-state index is 0.264. The van der Waals surface area contributed by atoms with E-state index in [0.717, 1.165) is 22.4 Å². The molecule has 0 spiro atoms. The van der Waals surface area contributed by atoms with Crippen molar-refractivity contribution in [3.05, 3.63) is 58.1 Å². The number of hydrogen-bond acceptors (Lipinski definition) is 3. The highest BCUT2D eigenvalue weighted by atomic mass is 35.5. The van der Waals surface area contributed by atoms with Crippen LogP contribution in [0.5, 0.6) is 5.75 Å². The van der Waals surface area contributed by atoms with Crippen molar-refractivity contribution >= 4 is 29.1 Å². The van der Waals surface area contributed by atoms with Crippen LogP contribution in [0.2, 0.25) is 5.02 Å². The maximum atomic E-state index is 12.1. The predicted molar refractivity (Wildman–Crippen MR) is 99.0 cm³/mol. The number of nitrogens with one attached hydrogen (secondary N) is 2. The molecule has 0 heterocycles. The molecule has 0 atom stereocenters. The van der Waals surface area contributed by atoms with Gasteiger partial charge >= 0.3 is 0 Å². The summed E-state index contributed by atoms with van der Waals surface area (Å²) in [6, 6.07) is 11.0. The molecule has 132 valence electrons. The van der Waals surface area contributed by atoms with Crippen molar-refractivity contribution < 1.29 is 14.3 Å². The van der Waals surface area contributed by atoms with Crippen LogP contribution in [-0.4, -0.2) is 18.9 Å². The Kier molecular flexibility index (Phi) is 6.42. The average molecular weight is 361 g/mol. The van der Waals surface area contributed by atoms with Gasteiger partial charge in [0.2, 0.25) is 11.8 Å². The summed E-state index contributed by atoms with van der Waals surface area (Å²) in [7, 11) is 1.59. The van der Waals surface area contributed by atoms with Crippen molar-refractivity contribution in [3.63, 3.8) is 0 Å². The Bertz CT molecular complexity index is 750. The molecule has 2 aromatic carbocycles. The fourth-order valence-corrected chi connectivity index (χ4v) is 2.78. The molecule has 0 aliphatic carbocycles. The van der Waals surface area contributed by atoms with Crippen molar-refractivity contribution in [2.45, 2.75) is 26.8 Å². The summed E-state index contributed by atoms with van der Waals surface area (Å²) in [4.78, 5) is 24.0. The zero-order valence-corrected chi connectivity index (χ0v) is 15.2. The molecule has 0 bridgehead atoms. The number of rotatable bonds is 6. The number of carbonyl (C=O) groups excluding carboxylic acids is 2. The topological polar surface area (TPSA) is 67.4 Å². The minimum atomic E-state index is -0.402. The van der Waals surface area contributed by atoms with E-state index in [-0.39, 0.29) is 12.3 Å². The Labute approximate surface area is 152 Å². The summed E-state index contributed by atoms with van der Waals surface area (Å²) in [6.45, 7) is 4.13. The second-order valence-corrected chi connectivity index (χ2v) is 6.20. The highest BCUT2D eigenvalue weighted by Gasteiger charge is 2.13. The van der Waals surface area contributed by atoms with Crippen LogP contribution in [0.4, 0.5) is 5.69 Å². The highest BCUT2D eigenvalue weighted by molar-refractivity contribution is 6.34. The third kappa shape index (κ3) is 5.50. The number of ether oxygens (including phenoxy) is 1. The summed E-state index contributed by atoms with van der Waals surface area (Å²) < 4.78 is 5.08. The lowest BCUT2D eigenvalue weighted by atomic mass is 10.1. The number of methoxy groups -OCH3 is 1. The minimum Gasteiger partial charge on any atom is -0.497 e. The van der Waals surface area contributed by atoms with Crippen LogP contribution in [-0.2, 0) is 16.1 Å². The van der Waals surface area contributed by atoms with E-state index < -0.39 is 5.91 Å². The second kappa shape index (κ2) is 8.53. The number of amides is 2. The van der Waals surface area contributed by atoms with Crippen LogP contribution in [0, 0.1) is 13.8 Å². The maximum Gasteiger partial charge on any atom is 0.233 e. The molecule has 2 amide bonds. The third-order valence-corrected chi connectivity index (χ3v) is 3.96. The van der Waals surface area contributed by atoms with Crippen molar-refractivity contribution in [1.29, 1.82) is 0 Å². The summed E-state index contributed by atoms with van der Waals surface area (Å²) in [5, 5.41) is 5.88. The summed E-state index contributed by atoms with van der Waals surface area (Å²) in [6.07, 6.45) is -0.264. The van der Waals surface area contributed by atoms with Gasteiger partial charge in [0.15, 0.2) is 0 Å². The van der Waals surface area contributed by atoms with Crippen LogP contribution < -0.4 is 15.4 Å². The van der Waals surface area contributed by atoms with E-state index in [9.17, 15) is 9.59 Å². The SMILES string of the molecule is COc1ccc(CNC(=O)CC(=O)Nc2c(C)cc(C)cc2Cl)cc1. The van der Waals surface area contributed by atoms with Crippen molar-refractivity contribution in [2.24, 2.45) is 0 Å². The number of aryl methyl sites for hydroxylation is 2.